The number of benzene rings is 1. The number of aliphatic carboxylic acids is 1. The molecule has 8 heteroatoms. The first kappa shape index (κ1) is 33.6. The highest BCUT2D eigenvalue weighted by molar-refractivity contribution is 8.02. The lowest BCUT2D eigenvalue weighted by atomic mass is 10.0. The Kier molecular flexibility index (Phi) is 17.4. The third-order valence-electron chi connectivity index (χ3n) is 7.15. The molecule has 0 aliphatic carbocycles. The number of carboxylic acids is 1. The molecule has 220 valence electrons. The molecule has 0 bridgehead atoms. The van der Waals surface area contributed by atoms with E-state index in [0.717, 1.165) is 40.2 Å². The van der Waals surface area contributed by atoms with E-state index in [1.54, 1.807) is 0 Å². The lowest BCUT2D eigenvalue weighted by Gasteiger charge is -2.29. The summed E-state index contributed by atoms with van der Waals surface area (Å²) in [4.78, 5) is 33.0. The van der Waals surface area contributed by atoms with Crippen molar-refractivity contribution in [2.75, 3.05) is 26.8 Å². The summed E-state index contributed by atoms with van der Waals surface area (Å²) in [5, 5.41) is 9.30. The maximum atomic E-state index is 14.1. The first-order chi connectivity index (χ1) is 19.0. The Labute approximate surface area is 244 Å². The zero-order chi connectivity index (χ0) is 28.3. The molecule has 1 heterocycles. The number of fused-ring (bicyclic) bond motifs is 1. The molecule has 0 saturated heterocycles. The lowest BCUT2D eigenvalue weighted by molar-refractivity contribution is -0.147. The van der Waals surface area contributed by atoms with Gasteiger partial charge in [-0.2, -0.15) is 0 Å². The van der Waals surface area contributed by atoms with Gasteiger partial charge in [0.2, 0.25) is 5.91 Å². The second kappa shape index (κ2) is 20.3. The topological polar surface area (TPSA) is 79.7 Å². The summed E-state index contributed by atoms with van der Waals surface area (Å²) >= 11 is 2.80. The number of nitrogens with zero attached hydrogens (tertiary/aromatic N) is 2. The molecule has 1 aromatic carbocycles. The summed E-state index contributed by atoms with van der Waals surface area (Å²) in [6.45, 7) is 5.80. The molecule has 1 N–H and O–H groups in total. The maximum Gasteiger partial charge on any atom is 0.310 e. The smallest absolute Gasteiger partial charge is 0.310 e. The van der Waals surface area contributed by atoms with Crippen molar-refractivity contribution in [1.29, 1.82) is 0 Å². The van der Waals surface area contributed by atoms with Crippen molar-refractivity contribution in [3.05, 3.63) is 24.3 Å². The molecule has 2 aromatic rings. The van der Waals surface area contributed by atoms with Crippen molar-refractivity contribution in [2.24, 2.45) is 5.92 Å². The van der Waals surface area contributed by atoms with Crippen molar-refractivity contribution < 1.29 is 19.4 Å². The van der Waals surface area contributed by atoms with Gasteiger partial charge in [0, 0.05) is 20.2 Å². The fourth-order valence-electron chi connectivity index (χ4n) is 4.81. The molecule has 1 amide bonds. The van der Waals surface area contributed by atoms with Crippen LogP contribution in [0.15, 0.2) is 28.6 Å². The Morgan fingerprint density at radius 2 is 1.44 bits per heavy atom. The Hall–Kier alpha value is -1.64. The number of hydrogen-bond donors (Lipinski definition) is 1. The Morgan fingerprint density at radius 3 is 1.95 bits per heavy atom. The molecule has 2 atom stereocenters. The fourth-order valence-corrected chi connectivity index (χ4v) is 7.26. The van der Waals surface area contributed by atoms with E-state index in [9.17, 15) is 14.7 Å². The lowest BCUT2D eigenvalue weighted by Crippen LogP contribution is -2.45. The monoisotopic (exact) mass is 578 g/mol. The quantitative estimate of drug-likeness (QED) is 0.105. The minimum absolute atomic E-state index is 0.00761. The van der Waals surface area contributed by atoms with Crippen molar-refractivity contribution in [3.8, 4) is 0 Å². The fraction of sp³-hybridized carbons (Fsp3) is 0.710. The minimum Gasteiger partial charge on any atom is -0.481 e. The van der Waals surface area contributed by atoms with Gasteiger partial charge in [0.25, 0.3) is 0 Å². The SMILES string of the molecule is CCCCCCCCCN(CCCCCCCCC)C(=O)C(Sc1nc2ccccc2s1)C(COC)C(=O)O. The number of hydrogen-bond acceptors (Lipinski definition) is 6. The van der Waals surface area contributed by atoms with E-state index in [0.29, 0.717) is 13.1 Å². The third-order valence-corrected chi connectivity index (χ3v) is 9.60. The molecule has 6 nitrogen and oxygen atoms in total. The van der Waals surface area contributed by atoms with Crippen LogP contribution >= 0.6 is 23.1 Å². The van der Waals surface area contributed by atoms with E-state index in [1.807, 2.05) is 29.2 Å². The van der Waals surface area contributed by atoms with Crippen LogP contribution in [0, 0.1) is 5.92 Å². The number of rotatable bonds is 23. The molecule has 0 saturated carbocycles. The number of para-hydroxylation sites is 1. The van der Waals surface area contributed by atoms with Crippen molar-refractivity contribution in [1.82, 2.24) is 9.88 Å². The second-order valence-electron chi connectivity index (χ2n) is 10.5. The highest BCUT2D eigenvalue weighted by atomic mass is 32.2. The molecular weight excluding hydrogens is 528 g/mol. The summed E-state index contributed by atoms with van der Waals surface area (Å²) in [6.07, 6.45) is 16.5. The summed E-state index contributed by atoms with van der Waals surface area (Å²) in [6, 6.07) is 7.86. The minimum atomic E-state index is -1.00. The standard InChI is InChI=1S/C31H50N2O4S2/c1-4-6-8-10-12-14-18-22-33(23-19-15-13-11-9-7-5-2)29(34)28(25(24-37-3)30(35)36)39-31-32-26-20-16-17-21-27(26)38-31/h16-17,20-21,25,28H,4-15,18-19,22-24H2,1-3H3,(H,35,36). The predicted octanol–water partition coefficient (Wildman–Crippen LogP) is 8.43. The van der Waals surface area contributed by atoms with Gasteiger partial charge in [-0.1, -0.05) is 115 Å². The first-order valence-electron chi connectivity index (χ1n) is 15.0. The second-order valence-corrected chi connectivity index (χ2v) is 12.9. The Bertz CT molecular complexity index is 901. The number of ether oxygens (including phenoxy) is 1. The van der Waals surface area contributed by atoms with Gasteiger partial charge in [0.05, 0.1) is 16.8 Å². The highest BCUT2D eigenvalue weighted by Crippen LogP contribution is 2.36. The summed E-state index contributed by atoms with van der Waals surface area (Å²) in [7, 11) is 1.49. The van der Waals surface area contributed by atoms with Crippen molar-refractivity contribution >= 4 is 45.2 Å². The van der Waals surface area contributed by atoms with Gasteiger partial charge in [-0.3, -0.25) is 9.59 Å². The maximum absolute atomic E-state index is 14.1. The molecule has 39 heavy (non-hydrogen) atoms. The largest absolute Gasteiger partial charge is 0.481 e. The molecule has 2 unspecified atom stereocenters. The van der Waals surface area contributed by atoms with Crippen LogP contribution in [0.5, 0.6) is 0 Å². The van der Waals surface area contributed by atoms with Gasteiger partial charge in [0.15, 0.2) is 4.34 Å². The van der Waals surface area contributed by atoms with Crippen LogP contribution in [-0.2, 0) is 14.3 Å². The van der Waals surface area contributed by atoms with E-state index in [1.165, 1.54) is 94.4 Å². The molecule has 0 fully saturated rings. The number of methoxy groups -OCH3 is 1. The first-order valence-corrected chi connectivity index (χ1v) is 16.7. The predicted molar refractivity (Wildman–Crippen MR) is 165 cm³/mol. The van der Waals surface area contributed by atoms with Crippen LogP contribution < -0.4 is 0 Å². The Balaban J connectivity index is 2.13. The van der Waals surface area contributed by atoms with Gasteiger partial charge >= 0.3 is 5.97 Å². The van der Waals surface area contributed by atoms with E-state index < -0.39 is 17.1 Å². The number of carbonyl (C=O) groups is 2. The molecule has 2 rings (SSSR count). The third kappa shape index (κ3) is 12.6. The van der Waals surface area contributed by atoms with Gasteiger partial charge < -0.3 is 14.7 Å². The molecule has 0 spiro atoms. The van der Waals surface area contributed by atoms with Gasteiger partial charge in [0.1, 0.15) is 11.2 Å². The molecule has 0 radical (unpaired) electrons. The summed E-state index contributed by atoms with van der Waals surface area (Å²) < 4.78 is 7.04. The Morgan fingerprint density at radius 1 is 0.897 bits per heavy atom. The van der Waals surface area contributed by atoms with Crippen LogP contribution in [0.25, 0.3) is 10.2 Å². The van der Waals surface area contributed by atoms with E-state index in [4.69, 9.17) is 9.72 Å². The number of carboxylic acid groups (broad SMARTS) is 1. The molecule has 0 aliphatic heterocycles. The number of amides is 1. The normalized spacial score (nSPS) is 13.0. The highest BCUT2D eigenvalue weighted by Gasteiger charge is 2.38. The van der Waals surface area contributed by atoms with E-state index >= 15 is 0 Å². The number of unbranched alkanes of at least 4 members (excludes halogenated alkanes) is 12. The van der Waals surface area contributed by atoms with E-state index in [-0.39, 0.29) is 12.5 Å². The molecule has 0 aliphatic rings. The summed E-state index contributed by atoms with van der Waals surface area (Å²) in [5.41, 5.74) is 0.873. The van der Waals surface area contributed by atoms with Crippen molar-refractivity contribution in [2.45, 2.75) is 113 Å². The van der Waals surface area contributed by atoms with Gasteiger partial charge in [-0.25, -0.2) is 4.98 Å². The van der Waals surface area contributed by atoms with Crippen LogP contribution in [0.4, 0.5) is 0 Å². The van der Waals surface area contributed by atoms with Crippen LogP contribution in [0.2, 0.25) is 0 Å². The van der Waals surface area contributed by atoms with Gasteiger partial charge in [-0.15, -0.1) is 11.3 Å². The van der Waals surface area contributed by atoms with Crippen molar-refractivity contribution in [3.63, 3.8) is 0 Å². The number of aromatic nitrogens is 1. The number of carbonyl (C=O) groups excluding carboxylic acids is 1. The van der Waals surface area contributed by atoms with Crippen LogP contribution in [0.1, 0.15) is 104 Å². The molecular formula is C31H50N2O4S2. The van der Waals surface area contributed by atoms with E-state index in [2.05, 4.69) is 13.8 Å². The average Bonchev–Trinajstić information content (AvgIpc) is 3.35. The number of thiazole rings is 1. The average molecular weight is 579 g/mol. The van der Waals surface area contributed by atoms with Gasteiger partial charge in [-0.05, 0) is 25.0 Å². The molecule has 1 aromatic heterocycles. The number of thioether (sulfide) groups is 1. The zero-order valence-electron chi connectivity index (χ0n) is 24.4. The van der Waals surface area contributed by atoms with Crippen LogP contribution in [-0.4, -0.2) is 58.9 Å². The summed E-state index contributed by atoms with van der Waals surface area (Å²) in [5.74, 6) is -2.04. The zero-order valence-corrected chi connectivity index (χ0v) is 26.0. The van der Waals surface area contributed by atoms with Crippen LogP contribution in [0.3, 0.4) is 0 Å².